The number of carboxylic acid groups (broad SMARTS) is 1. The van der Waals surface area contributed by atoms with Gasteiger partial charge in [-0.15, -0.1) is 0 Å². The van der Waals surface area contributed by atoms with E-state index in [9.17, 15) is 18.0 Å². The molecule has 0 radical (unpaired) electrons. The molecule has 3 N–H and O–H groups in total. The van der Waals surface area contributed by atoms with Crippen LogP contribution in [0.4, 0.5) is 5.69 Å². The predicted molar refractivity (Wildman–Crippen MR) is 78.8 cm³/mol. The second-order valence-corrected chi connectivity index (χ2v) is 6.52. The molecule has 0 aliphatic rings. The molecule has 0 fully saturated rings. The fourth-order valence-corrected chi connectivity index (χ4v) is 2.53. The molecule has 7 nitrogen and oxygen atoms in total. The molecule has 1 aromatic carbocycles. The van der Waals surface area contributed by atoms with Crippen LogP contribution in [0, 0.1) is 6.92 Å². The molecule has 0 saturated heterocycles. The van der Waals surface area contributed by atoms with E-state index in [0.29, 0.717) is 17.7 Å². The first-order chi connectivity index (χ1) is 9.69. The Morgan fingerprint density at radius 3 is 2.43 bits per heavy atom. The van der Waals surface area contributed by atoms with Crippen molar-refractivity contribution in [1.82, 2.24) is 5.32 Å². The molecule has 0 spiro atoms. The molecule has 1 atom stereocenters. The highest BCUT2D eigenvalue weighted by molar-refractivity contribution is 7.94. The summed E-state index contributed by atoms with van der Waals surface area (Å²) in [6, 6.07) is 4.45. The first-order valence-corrected chi connectivity index (χ1v) is 7.87. The number of amides is 1. The molecular weight excluding hydrogens is 296 g/mol. The zero-order valence-electron chi connectivity index (χ0n) is 12.0. The van der Waals surface area contributed by atoms with Gasteiger partial charge in [-0.3, -0.25) is 14.3 Å². The van der Waals surface area contributed by atoms with Crippen LogP contribution in [0.1, 0.15) is 29.8 Å². The molecule has 1 rings (SSSR count). The molecule has 0 aliphatic carbocycles. The van der Waals surface area contributed by atoms with Gasteiger partial charge in [-0.2, -0.15) is 0 Å². The summed E-state index contributed by atoms with van der Waals surface area (Å²) in [5.41, 5.74) is 1.18. The van der Waals surface area contributed by atoms with Gasteiger partial charge in [0, 0.05) is 12.1 Å². The number of carboxylic acids is 1. The largest absolute Gasteiger partial charge is 0.480 e. The first-order valence-electron chi connectivity index (χ1n) is 6.32. The summed E-state index contributed by atoms with van der Waals surface area (Å²) in [7, 11) is -4.03. The molecule has 1 aromatic rings. The molecule has 0 saturated carbocycles. The van der Waals surface area contributed by atoms with Crippen LogP contribution >= 0.6 is 0 Å². The number of rotatable bonds is 6. The average Bonchev–Trinajstić information content (AvgIpc) is 2.40. The summed E-state index contributed by atoms with van der Waals surface area (Å²) in [6.45, 7) is 5.00. The monoisotopic (exact) mass is 314 g/mol. The zero-order valence-corrected chi connectivity index (χ0v) is 12.8. The van der Waals surface area contributed by atoms with Crippen LogP contribution < -0.4 is 10.0 Å². The number of nitrogens with one attached hydrogen (secondary N) is 2. The van der Waals surface area contributed by atoms with Crippen molar-refractivity contribution in [3.8, 4) is 0 Å². The molecule has 116 valence electrons. The molecule has 0 heterocycles. The second kappa shape index (κ2) is 6.57. The Labute approximate surface area is 123 Å². The standard InChI is InChI=1S/C13H18N2O5S/c1-4-14-12(16)10-5-6-11(8(2)7-10)15-21(19,20)9(3)13(17)18/h5-7,9,15H,4H2,1-3H3,(H,14,16)(H,17,18). The van der Waals surface area contributed by atoms with Gasteiger partial charge in [0.05, 0.1) is 5.69 Å². The molecule has 0 aliphatic heterocycles. The number of hydrogen-bond acceptors (Lipinski definition) is 4. The predicted octanol–water partition coefficient (Wildman–Crippen LogP) is 0.960. The average molecular weight is 314 g/mol. The van der Waals surface area contributed by atoms with Gasteiger partial charge in [0.1, 0.15) is 0 Å². The molecule has 1 amide bonds. The van der Waals surface area contributed by atoms with Crippen LogP contribution in [-0.4, -0.2) is 37.2 Å². The van der Waals surface area contributed by atoms with Crippen molar-refractivity contribution in [3.63, 3.8) is 0 Å². The van der Waals surface area contributed by atoms with E-state index in [1.165, 1.54) is 18.2 Å². The Morgan fingerprint density at radius 1 is 1.33 bits per heavy atom. The van der Waals surface area contributed by atoms with Crippen molar-refractivity contribution in [2.45, 2.75) is 26.0 Å². The highest BCUT2D eigenvalue weighted by Crippen LogP contribution is 2.19. The van der Waals surface area contributed by atoms with Crippen molar-refractivity contribution in [3.05, 3.63) is 29.3 Å². The van der Waals surface area contributed by atoms with Gasteiger partial charge in [0.25, 0.3) is 5.91 Å². The quantitative estimate of drug-likeness (QED) is 0.724. The van der Waals surface area contributed by atoms with E-state index >= 15 is 0 Å². The fraction of sp³-hybridized carbons (Fsp3) is 0.385. The molecule has 21 heavy (non-hydrogen) atoms. The number of aryl methyl sites for hydroxylation is 1. The van der Waals surface area contributed by atoms with E-state index in [-0.39, 0.29) is 11.6 Å². The minimum absolute atomic E-state index is 0.246. The summed E-state index contributed by atoms with van der Waals surface area (Å²) in [5.74, 6) is -1.69. The Hall–Kier alpha value is -2.09. The van der Waals surface area contributed by atoms with Crippen LogP contribution in [0.15, 0.2) is 18.2 Å². The maximum atomic E-state index is 11.8. The van der Waals surface area contributed by atoms with Crippen molar-refractivity contribution in [2.24, 2.45) is 0 Å². The summed E-state index contributed by atoms with van der Waals surface area (Å²) in [4.78, 5) is 22.4. The Balaban J connectivity index is 3.02. The minimum Gasteiger partial charge on any atom is -0.480 e. The van der Waals surface area contributed by atoms with Gasteiger partial charge < -0.3 is 10.4 Å². The molecule has 0 aromatic heterocycles. The number of hydrogen-bond donors (Lipinski definition) is 3. The lowest BCUT2D eigenvalue weighted by Gasteiger charge is -2.14. The lowest BCUT2D eigenvalue weighted by molar-refractivity contribution is -0.136. The number of carbonyl (C=O) groups is 2. The van der Waals surface area contributed by atoms with Crippen molar-refractivity contribution in [2.75, 3.05) is 11.3 Å². The topological polar surface area (TPSA) is 113 Å². The van der Waals surface area contributed by atoms with E-state index in [1.807, 2.05) is 0 Å². The summed E-state index contributed by atoms with van der Waals surface area (Å²) in [6.07, 6.45) is 0. The molecule has 1 unspecified atom stereocenters. The number of anilines is 1. The van der Waals surface area contributed by atoms with Crippen molar-refractivity contribution < 1.29 is 23.1 Å². The number of sulfonamides is 1. The Morgan fingerprint density at radius 2 is 1.95 bits per heavy atom. The van der Waals surface area contributed by atoms with Crippen LogP contribution in [0.2, 0.25) is 0 Å². The van der Waals surface area contributed by atoms with Gasteiger partial charge in [-0.05, 0) is 44.5 Å². The molecule has 0 bridgehead atoms. The van der Waals surface area contributed by atoms with Crippen LogP contribution in [0.25, 0.3) is 0 Å². The van der Waals surface area contributed by atoms with Crippen molar-refractivity contribution >= 4 is 27.6 Å². The van der Waals surface area contributed by atoms with Crippen molar-refractivity contribution in [1.29, 1.82) is 0 Å². The SMILES string of the molecule is CCNC(=O)c1ccc(NS(=O)(=O)C(C)C(=O)O)c(C)c1. The van der Waals surface area contributed by atoms with Gasteiger partial charge in [-0.25, -0.2) is 8.42 Å². The third kappa shape index (κ3) is 4.19. The number of benzene rings is 1. The molecule has 8 heteroatoms. The van der Waals surface area contributed by atoms with E-state index in [0.717, 1.165) is 6.92 Å². The minimum atomic E-state index is -4.03. The third-order valence-corrected chi connectivity index (χ3v) is 4.53. The highest BCUT2D eigenvalue weighted by atomic mass is 32.2. The van der Waals surface area contributed by atoms with E-state index < -0.39 is 21.2 Å². The second-order valence-electron chi connectivity index (χ2n) is 4.52. The maximum absolute atomic E-state index is 11.8. The number of aliphatic carboxylic acids is 1. The Kier molecular flexibility index (Phi) is 5.31. The summed E-state index contributed by atoms with van der Waals surface area (Å²) < 4.78 is 25.9. The summed E-state index contributed by atoms with van der Waals surface area (Å²) in [5, 5.41) is 9.83. The molecular formula is C13H18N2O5S. The maximum Gasteiger partial charge on any atom is 0.323 e. The zero-order chi connectivity index (χ0) is 16.2. The Bertz CT molecular complexity index is 655. The van der Waals surface area contributed by atoms with E-state index in [4.69, 9.17) is 5.11 Å². The van der Waals surface area contributed by atoms with Crippen LogP contribution in [-0.2, 0) is 14.8 Å². The normalized spacial score (nSPS) is 12.5. The van der Waals surface area contributed by atoms with E-state index in [2.05, 4.69) is 10.0 Å². The summed E-state index contributed by atoms with van der Waals surface area (Å²) >= 11 is 0. The lowest BCUT2D eigenvalue weighted by Crippen LogP contribution is -2.32. The van der Waals surface area contributed by atoms with Crippen LogP contribution in [0.3, 0.4) is 0 Å². The number of carbonyl (C=O) groups excluding carboxylic acids is 1. The van der Waals surface area contributed by atoms with Gasteiger partial charge in [0.2, 0.25) is 10.0 Å². The van der Waals surface area contributed by atoms with Gasteiger partial charge in [0.15, 0.2) is 5.25 Å². The smallest absolute Gasteiger partial charge is 0.323 e. The fourth-order valence-electron chi connectivity index (χ4n) is 1.56. The van der Waals surface area contributed by atoms with Crippen LogP contribution in [0.5, 0.6) is 0 Å². The van der Waals surface area contributed by atoms with Gasteiger partial charge >= 0.3 is 5.97 Å². The highest BCUT2D eigenvalue weighted by Gasteiger charge is 2.28. The lowest BCUT2D eigenvalue weighted by atomic mass is 10.1. The third-order valence-electron chi connectivity index (χ3n) is 2.89. The van der Waals surface area contributed by atoms with Gasteiger partial charge in [-0.1, -0.05) is 0 Å². The first kappa shape index (κ1) is 17.0. The van der Waals surface area contributed by atoms with E-state index in [1.54, 1.807) is 13.8 Å².